The summed E-state index contributed by atoms with van der Waals surface area (Å²) in [5, 5.41) is 1.73. The van der Waals surface area contributed by atoms with Gasteiger partial charge in [0.15, 0.2) is 0 Å². The molecule has 1 aliphatic rings. The van der Waals surface area contributed by atoms with Gasteiger partial charge in [-0.25, -0.2) is 4.98 Å². The minimum Gasteiger partial charge on any atom is -0.486 e. The monoisotopic (exact) mass is 494 g/mol. The van der Waals surface area contributed by atoms with Gasteiger partial charge in [-0.1, -0.05) is 34.8 Å². The number of aryl methyl sites for hydroxylation is 1. The summed E-state index contributed by atoms with van der Waals surface area (Å²) in [5.74, 6) is 1.62. The fourth-order valence-corrected chi connectivity index (χ4v) is 4.76. The van der Waals surface area contributed by atoms with E-state index in [0.717, 1.165) is 55.2 Å². The van der Waals surface area contributed by atoms with Gasteiger partial charge in [0.05, 0.1) is 21.1 Å². The van der Waals surface area contributed by atoms with Crippen molar-refractivity contribution in [1.82, 2.24) is 19.4 Å². The van der Waals surface area contributed by atoms with Gasteiger partial charge in [-0.05, 0) is 89.4 Å². The molecule has 3 aromatic rings. The van der Waals surface area contributed by atoms with Gasteiger partial charge in [0.25, 0.3) is 0 Å². The van der Waals surface area contributed by atoms with Crippen LogP contribution in [0, 0.1) is 0 Å². The maximum Gasteiger partial charge on any atom is 0.148 e. The molecule has 1 aliphatic heterocycles. The lowest BCUT2D eigenvalue weighted by Gasteiger charge is -2.35. The van der Waals surface area contributed by atoms with Crippen LogP contribution in [0.3, 0.4) is 0 Å². The third-order valence-electron chi connectivity index (χ3n) is 6.19. The zero-order valence-corrected chi connectivity index (χ0v) is 20.8. The van der Waals surface area contributed by atoms with Crippen LogP contribution in [0.15, 0.2) is 36.4 Å². The second-order valence-electron chi connectivity index (χ2n) is 8.57. The Bertz CT molecular complexity index is 1040. The quantitative estimate of drug-likeness (QED) is 0.384. The maximum absolute atomic E-state index is 6.32. The normalized spacial score (nSPS) is 15.7. The third kappa shape index (κ3) is 5.70. The topological polar surface area (TPSA) is 33.5 Å². The van der Waals surface area contributed by atoms with Crippen molar-refractivity contribution in [3.8, 4) is 5.75 Å². The van der Waals surface area contributed by atoms with Crippen molar-refractivity contribution in [1.29, 1.82) is 0 Å². The summed E-state index contributed by atoms with van der Waals surface area (Å²) in [7, 11) is 4.35. The molecular weight excluding hydrogens is 467 g/mol. The molecule has 1 fully saturated rings. The molecule has 0 spiro atoms. The Morgan fingerprint density at radius 2 is 1.69 bits per heavy atom. The molecule has 2 heterocycles. The summed E-state index contributed by atoms with van der Waals surface area (Å²) in [5.41, 5.74) is 1.82. The summed E-state index contributed by atoms with van der Waals surface area (Å²) in [6.45, 7) is 4.59. The minimum atomic E-state index is 0.361. The Balaban J connectivity index is 1.45. The number of hydrogen-bond donors (Lipinski definition) is 0. The van der Waals surface area contributed by atoms with Crippen molar-refractivity contribution in [3.05, 3.63) is 57.3 Å². The number of hydrogen-bond acceptors (Lipinski definition) is 4. The fraction of sp³-hybridized carbons (Fsp3) is 0.458. The molecule has 0 amide bonds. The zero-order chi connectivity index (χ0) is 22.7. The lowest BCUT2D eigenvalue weighted by Crippen LogP contribution is -2.42. The number of ether oxygens (including phenoxy) is 1. The van der Waals surface area contributed by atoms with Gasteiger partial charge in [-0.3, -0.25) is 0 Å². The molecule has 0 radical (unpaired) electrons. The molecule has 5 nitrogen and oxygen atoms in total. The standard InChI is InChI=1S/C24H29Cl3N4O/c1-29(2)18-8-12-30(13-9-18)10-3-11-31-23-15-21(27)20(26)14-22(23)28-24(31)16-32-19-6-4-17(25)5-7-19/h4-7,14-15,18H,3,8-13,16H2,1-2H3. The number of nitrogens with zero attached hydrogens (tertiary/aromatic N) is 4. The van der Waals surface area contributed by atoms with E-state index in [1.165, 1.54) is 12.8 Å². The Hall–Kier alpha value is -1.50. The Labute approximate surface area is 204 Å². The molecular formula is C24H29Cl3N4O. The third-order valence-corrected chi connectivity index (χ3v) is 7.17. The molecule has 172 valence electrons. The van der Waals surface area contributed by atoms with Crippen molar-refractivity contribution >= 4 is 45.8 Å². The molecule has 1 aromatic heterocycles. The molecule has 0 atom stereocenters. The summed E-state index contributed by atoms with van der Waals surface area (Å²) in [4.78, 5) is 9.70. The summed E-state index contributed by atoms with van der Waals surface area (Å²) >= 11 is 18.5. The molecule has 8 heteroatoms. The molecule has 0 unspecified atom stereocenters. The average Bonchev–Trinajstić information content (AvgIpc) is 3.10. The number of fused-ring (bicyclic) bond motifs is 1. The molecule has 2 aromatic carbocycles. The number of likely N-dealkylation sites (tertiary alicyclic amines) is 1. The highest BCUT2D eigenvalue weighted by molar-refractivity contribution is 6.42. The summed E-state index contributed by atoms with van der Waals surface area (Å²) in [6.07, 6.45) is 3.50. The van der Waals surface area contributed by atoms with Crippen LogP contribution in [0.1, 0.15) is 25.1 Å². The van der Waals surface area contributed by atoms with E-state index in [9.17, 15) is 0 Å². The molecule has 0 aliphatic carbocycles. The second-order valence-corrected chi connectivity index (χ2v) is 9.82. The van der Waals surface area contributed by atoms with E-state index >= 15 is 0 Å². The number of benzene rings is 2. The van der Waals surface area contributed by atoms with Crippen molar-refractivity contribution < 1.29 is 4.74 Å². The predicted molar refractivity (Wildman–Crippen MR) is 133 cm³/mol. The average molecular weight is 496 g/mol. The number of halogens is 3. The van der Waals surface area contributed by atoms with Crippen molar-refractivity contribution in [2.24, 2.45) is 0 Å². The first kappa shape index (κ1) is 23.7. The number of aromatic nitrogens is 2. The molecule has 32 heavy (non-hydrogen) atoms. The lowest BCUT2D eigenvalue weighted by atomic mass is 10.0. The van der Waals surface area contributed by atoms with Crippen molar-refractivity contribution in [3.63, 3.8) is 0 Å². The SMILES string of the molecule is CN(C)C1CCN(CCCn2c(COc3ccc(Cl)cc3)nc3cc(Cl)c(Cl)cc32)CC1. The van der Waals surface area contributed by atoms with E-state index in [0.29, 0.717) is 27.7 Å². The highest BCUT2D eigenvalue weighted by atomic mass is 35.5. The van der Waals surface area contributed by atoms with Gasteiger partial charge < -0.3 is 19.1 Å². The van der Waals surface area contributed by atoms with Crippen LogP contribution in [0.4, 0.5) is 0 Å². The van der Waals surface area contributed by atoms with Crippen LogP contribution in [-0.4, -0.2) is 59.1 Å². The second kappa shape index (κ2) is 10.6. The van der Waals surface area contributed by atoms with Crippen LogP contribution in [0.25, 0.3) is 11.0 Å². The van der Waals surface area contributed by atoms with Gasteiger partial charge in [-0.2, -0.15) is 0 Å². The van der Waals surface area contributed by atoms with Gasteiger partial charge in [-0.15, -0.1) is 0 Å². The molecule has 4 rings (SSSR count). The predicted octanol–water partition coefficient (Wildman–Crippen LogP) is 5.99. The van der Waals surface area contributed by atoms with Crippen LogP contribution < -0.4 is 4.74 Å². The highest BCUT2D eigenvalue weighted by Crippen LogP contribution is 2.29. The van der Waals surface area contributed by atoms with Gasteiger partial charge >= 0.3 is 0 Å². The number of piperidine rings is 1. The van der Waals surface area contributed by atoms with Gasteiger partial charge in [0.1, 0.15) is 18.2 Å². The first-order valence-electron chi connectivity index (χ1n) is 11.0. The smallest absolute Gasteiger partial charge is 0.148 e. The molecule has 0 saturated carbocycles. The number of imidazole rings is 1. The van der Waals surface area contributed by atoms with E-state index in [4.69, 9.17) is 44.5 Å². The molecule has 0 N–H and O–H groups in total. The van der Waals surface area contributed by atoms with Crippen LogP contribution in [0.2, 0.25) is 15.1 Å². The number of rotatable bonds is 8. The molecule has 0 bridgehead atoms. The zero-order valence-electron chi connectivity index (χ0n) is 18.5. The molecule has 1 saturated heterocycles. The first-order chi connectivity index (χ1) is 15.4. The Morgan fingerprint density at radius 1 is 1.00 bits per heavy atom. The van der Waals surface area contributed by atoms with E-state index in [1.807, 2.05) is 36.4 Å². The maximum atomic E-state index is 6.32. The highest BCUT2D eigenvalue weighted by Gasteiger charge is 2.20. The fourth-order valence-electron chi connectivity index (χ4n) is 4.32. The van der Waals surface area contributed by atoms with Crippen molar-refractivity contribution in [2.45, 2.75) is 38.5 Å². The van der Waals surface area contributed by atoms with Crippen LogP contribution in [0.5, 0.6) is 5.75 Å². The minimum absolute atomic E-state index is 0.361. The van der Waals surface area contributed by atoms with E-state index in [-0.39, 0.29) is 0 Å². The van der Waals surface area contributed by atoms with Crippen LogP contribution >= 0.6 is 34.8 Å². The Morgan fingerprint density at radius 3 is 2.38 bits per heavy atom. The summed E-state index contributed by atoms with van der Waals surface area (Å²) in [6, 6.07) is 11.8. The Kier molecular flexibility index (Phi) is 7.85. The van der Waals surface area contributed by atoms with E-state index in [1.54, 1.807) is 0 Å². The van der Waals surface area contributed by atoms with Gasteiger partial charge in [0.2, 0.25) is 0 Å². The van der Waals surface area contributed by atoms with Crippen molar-refractivity contribution in [2.75, 3.05) is 33.7 Å². The summed E-state index contributed by atoms with van der Waals surface area (Å²) < 4.78 is 8.19. The van der Waals surface area contributed by atoms with Crippen LogP contribution in [-0.2, 0) is 13.2 Å². The largest absolute Gasteiger partial charge is 0.486 e. The van der Waals surface area contributed by atoms with E-state index in [2.05, 4.69) is 28.5 Å². The van der Waals surface area contributed by atoms with Gasteiger partial charge in [0, 0.05) is 17.6 Å². The first-order valence-corrected chi connectivity index (χ1v) is 12.2. The lowest BCUT2D eigenvalue weighted by molar-refractivity contribution is 0.142. The van der Waals surface area contributed by atoms with E-state index < -0.39 is 0 Å².